The molecule has 0 fully saturated rings. The Hall–Kier alpha value is -1.90. The zero-order valence-corrected chi connectivity index (χ0v) is 10.3. The second-order valence-corrected chi connectivity index (χ2v) is 3.93. The molecule has 0 radical (unpaired) electrons. The van der Waals surface area contributed by atoms with Crippen molar-refractivity contribution in [3.8, 4) is 5.75 Å². The van der Waals surface area contributed by atoms with Crippen molar-refractivity contribution in [1.82, 2.24) is 4.57 Å². The van der Waals surface area contributed by atoms with Gasteiger partial charge in [0.1, 0.15) is 5.75 Å². The highest BCUT2D eigenvalue weighted by molar-refractivity contribution is 5.46. The van der Waals surface area contributed by atoms with Crippen LogP contribution < -0.4 is 10.1 Å². The second-order valence-electron chi connectivity index (χ2n) is 3.93. The van der Waals surface area contributed by atoms with Crippen LogP contribution in [0.4, 0.5) is 5.69 Å². The molecule has 0 atom stereocenters. The first-order chi connectivity index (χ1) is 8.31. The van der Waals surface area contributed by atoms with Crippen LogP contribution in [-0.2, 0) is 13.1 Å². The van der Waals surface area contributed by atoms with Crippen LogP contribution in [0.25, 0.3) is 0 Å². The van der Waals surface area contributed by atoms with Crippen molar-refractivity contribution in [3.63, 3.8) is 0 Å². The third kappa shape index (κ3) is 3.03. The Morgan fingerprint density at radius 3 is 2.53 bits per heavy atom. The third-order valence-electron chi connectivity index (χ3n) is 2.76. The Morgan fingerprint density at radius 1 is 1.18 bits per heavy atom. The van der Waals surface area contributed by atoms with Crippen molar-refractivity contribution in [2.75, 3.05) is 12.4 Å². The van der Waals surface area contributed by atoms with Gasteiger partial charge in [0.15, 0.2) is 0 Å². The minimum Gasteiger partial charge on any atom is -0.497 e. The van der Waals surface area contributed by atoms with Crippen molar-refractivity contribution < 1.29 is 4.74 Å². The number of aryl methyl sites for hydroxylation is 1. The van der Waals surface area contributed by atoms with Crippen molar-refractivity contribution in [2.24, 2.45) is 0 Å². The topological polar surface area (TPSA) is 26.2 Å². The van der Waals surface area contributed by atoms with Crippen LogP contribution in [-0.4, -0.2) is 11.7 Å². The van der Waals surface area contributed by atoms with Gasteiger partial charge >= 0.3 is 0 Å². The van der Waals surface area contributed by atoms with E-state index in [0.717, 1.165) is 24.5 Å². The van der Waals surface area contributed by atoms with Crippen molar-refractivity contribution in [3.05, 3.63) is 48.3 Å². The Labute approximate surface area is 102 Å². The standard InChI is InChI=1S/C14H18N2O/c1-3-16-9-8-12(11-16)10-15-13-4-6-14(17-2)7-5-13/h4-9,11,15H,3,10H2,1-2H3. The van der Waals surface area contributed by atoms with E-state index in [1.807, 2.05) is 24.3 Å². The molecule has 3 heteroatoms. The summed E-state index contributed by atoms with van der Waals surface area (Å²) in [5, 5.41) is 3.38. The first-order valence-corrected chi connectivity index (χ1v) is 5.84. The van der Waals surface area contributed by atoms with Gasteiger partial charge in [0.2, 0.25) is 0 Å². The zero-order valence-electron chi connectivity index (χ0n) is 10.3. The van der Waals surface area contributed by atoms with Gasteiger partial charge in [0.05, 0.1) is 7.11 Å². The summed E-state index contributed by atoms with van der Waals surface area (Å²) < 4.78 is 7.29. The molecule has 0 spiro atoms. The summed E-state index contributed by atoms with van der Waals surface area (Å²) in [5.41, 5.74) is 2.40. The summed E-state index contributed by atoms with van der Waals surface area (Å²) >= 11 is 0. The van der Waals surface area contributed by atoms with E-state index in [0.29, 0.717) is 0 Å². The average molecular weight is 230 g/mol. The molecule has 0 aliphatic carbocycles. The normalized spacial score (nSPS) is 10.2. The van der Waals surface area contributed by atoms with E-state index in [1.54, 1.807) is 7.11 Å². The fourth-order valence-electron chi connectivity index (χ4n) is 1.70. The lowest BCUT2D eigenvalue weighted by molar-refractivity contribution is 0.415. The molecule has 0 aliphatic rings. The smallest absolute Gasteiger partial charge is 0.119 e. The molecule has 3 nitrogen and oxygen atoms in total. The van der Waals surface area contributed by atoms with E-state index in [9.17, 15) is 0 Å². The SMILES string of the molecule is CCn1ccc(CNc2ccc(OC)cc2)c1. The Bertz CT molecular complexity index is 459. The van der Waals surface area contributed by atoms with Crippen LogP contribution in [0.1, 0.15) is 12.5 Å². The van der Waals surface area contributed by atoms with Crippen LogP contribution in [0.15, 0.2) is 42.7 Å². The highest BCUT2D eigenvalue weighted by Gasteiger charge is 1.97. The highest BCUT2D eigenvalue weighted by Crippen LogP contribution is 2.15. The number of benzene rings is 1. The summed E-state index contributed by atoms with van der Waals surface area (Å²) in [6, 6.07) is 10.1. The molecule has 1 aromatic carbocycles. The molecule has 1 heterocycles. The number of ether oxygens (including phenoxy) is 1. The van der Waals surface area contributed by atoms with E-state index < -0.39 is 0 Å². The van der Waals surface area contributed by atoms with Gasteiger partial charge in [-0.05, 0) is 42.8 Å². The number of nitrogens with one attached hydrogen (secondary N) is 1. The summed E-state index contributed by atoms with van der Waals surface area (Å²) in [4.78, 5) is 0. The van der Waals surface area contributed by atoms with E-state index >= 15 is 0 Å². The number of rotatable bonds is 5. The van der Waals surface area contributed by atoms with Crippen molar-refractivity contribution in [1.29, 1.82) is 0 Å². The molecule has 0 aliphatic heterocycles. The van der Waals surface area contributed by atoms with Crippen LogP contribution in [0, 0.1) is 0 Å². The van der Waals surface area contributed by atoms with Crippen LogP contribution in [0.2, 0.25) is 0 Å². The Kier molecular flexibility index (Phi) is 3.70. The molecule has 0 bridgehead atoms. The lowest BCUT2D eigenvalue weighted by atomic mass is 10.3. The lowest BCUT2D eigenvalue weighted by Gasteiger charge is -2.06. The molecular formula is C14H18N2O. The van der Waals surface area contributed by atoms with E-state index in [-0.39, 0.29) is 0 Å². The maximum Gasteiger partial charge on any atom is 0.119 e. The number of methoxy groups -OCH3 is 1. The fourth-order valence-corrected chi connectivity index (χ4v) is 1.70. The van der Waals surface area contributed by atoms with Crippen LogP contribution in [0.5, 0.6) is 5.75 Å². The molecule has 2 aromatic rings. The quantitative estimate of drug-likeness (QED) is 0.854. The first kappa shape index (κ1) is 11.6. The van der Waals surface area contributed by atoms with Gasteiger partial charge in [0.25, 0.3) is 0 Å². The summed E-state index contributed by atoms with van der Waals surface area (Å²) in [6.07, 6.45) is 4.27. The Morgan fingerprint density at radius 2 is 1.94 bits per heavy atom. The number of anilines is 1. The summed E-state index contributed by atoms with van der Waals surface area (Å²) in [6.45, 7) is 4.00. The molecular weight excluding hydrogens is 212 g/mol. The fraction of sp³-hybridized carbons (Fsp3) is 0.286. The molecule has 2 rings (SSSR count). The van der Waals surface area contributed by atoms with Crippen LogP contribution in [0.3, 0.4) is 0 Å². The average Bonchev–Trinajstić information content (AvgIpc) is 2.85. The van der Waals surface area contributed by atoms with Gasteiger partial charge in [-0.2, -0.15) is 0 Å². The first-order valence-electron chi connectivity index (χ1n) is 5.84. The second kappa shape index (κ2) is 5.43. The molecule has 0 saturated carbocycles. The van der Waals surface area contributed by atoms with Gasteiger partial charge in [-0.15, -0.1) is 0 Å². The maximum atomic E-state index is 5.12. The highest BCUT2D eigenvalue weighted by atomic mass is 16.5. The molecule has 0 unspecified atom stereocenters. The molecule has 17 heavy (non-hydrogen) atoms. The predicted octanol–water partition coefficient (Wildman–Crippen LogP) is 3.13. The number of nitrogens with zero attached hydrogens (tertiary/aromatic N) is 1. The lowest BCUT2D eigenvalue weighted by Crippen LogP contribution is -1.98. The molecule has 1 aromatic heterocycles. The van der Waals surface area contributed by atoms with E-state index in [1.165, 1.54) is 5.56 Å². The van der Waals surface area contributed by atoms with E-state index in [4.69, 9.17) is 4.74 Å². The van der Waals surface area contributed by atoms with Gasteiger partial charge in [-0.25, -0.2) is 0 Å². The predicted molar refractivity (Wildman–Crippen MR) is 70.4 cm³/mol. The van der Waals surface area contributed by atoms with Gasteiger partial charge < -0.3 is 14.6 Å². The van der Waals surface area contributed by atoms with Crippen molar-refractivity contribution in [2.45, 2.75) is 20.0 Å². The zero-order chi connectivity index (χ0) is 12.1. The summed E-state index contributed by atoms with van der Waals surface area (Å²) in [5.74, 6) is 0.882. The number of hydrogen-bond acceptors (Lipinski definition) is 2. The minimum absolute atomic E-state index is 0.847. The molecule has 0 amide bonds. The summed E-state index contributed by atoms with van der Waals surface area (Å²) in [7, 11) is 1.68. The molecule has 90 valence electrons. The number of hydrogen-bond donors (Lipinski definition) is 1. The Balaban J connectivity index is 1.92. The molecule has 0 saturated heterocycles. The largest absolute Gasteiger partial charge is 0.497 e. The van der Waals surface area contributed by atoms with Gasteiger partial charge in [-0.1, -0.05) is 0 Å². The third-order valence-corrected chi connectivity index (χ3v) is 2.76. The number of aromatic nitrogens is 1. The molecule has 1 N–H and O–H groups in total. The van der Waals surface area contributed by atoms with Crippen LogP contribution >= 0.6 is 0 Å². The monoisotopic (exact) mass is 230 g/mol. The van der Waals surface area contributed by atoms with E-state index in [2.05, 4.69) is 35.3 Å². The maximum absolute atomic E-state index is 5.12. The minimum atomic E-state index is 0.847. The van der Waals surface area contributed by atoms with Gasteiger partial charge in [-0.3, -0.25) is 0 Å². The van der Waals surface area contributed by atoms with Gasteiger partial charge in [0, 0.05) is 31.2 Å². The van der Waals surface area contributed by atoms with Crippen molar-refractivity contribution >= 4 is 5.69 Å².